The summed E-state index contributed by atoms with van der Waals surface area (Å²) in [4.78, 5) is 19.1. The van der Waals surface area contributed by atoms with E-state index in [1.54, 1.807) is 6.20 Å². The molecular formula is C12H13N3O2. The zero-order valence-electron chi connectivity index (χ0n) is 9.35. The number of aromatic amines is 1. The van der Waals surface area contributed by atoms with Crippen LogP contribution < -0.4 is 0 Å². The predicted octanol–water partition coefficient (Wildman–Crippen LogP) is 2.29. The molecule has 0 radical (unpaired) electrons. The number of rotatable bonds is 2. The summed E-state index contributed by atoms with van der Waals surface area (Å²) in [5.74, 6) is 1.00. The summed E-state index contributed by atoms with van der Waals surface area (Å²) in [6.07, 6.45) is 5.29. The zero-order chi connectivity index (χ0) is 11.7. The number of hydrogen-bond donors (Lipinski definition) is 1. The van der Waals surface area contributed by atoms with Crippen LogP contribution in [0.3, 0.4) is 0 Å². The van der Waals surface area contributed by atoms with Crippen LogP contribution in [0.25, 0.3) is 11.5 Å². The molecule has 5 nitrogen and oxygen atoms in total. The Balaban J connectivity index is 1.87. The lowest BCUT2D eigenvalue weighted by atomic mass is 9.88. The Bertz CT molecular complexity index is 516. The SMILES string of the molecule is O=C1CCCCC1c1nc(-c2ccc[nH]2)no1. The van der Waals surface area contributed by atoms with Gasteiger partial charge >= 0.3 is 0 Å². The molecule has 2 aromatic rings. The van der Waals surface area contributed by atoms with Crippen molar-refractivity contribution in [2.24, 2.45) is 0 Å². The van der Waals surface area contributed by atoms with Crippen molar-refractivity contribution in [2.45, 2.75) is 31.6 Å². The number of nitrogens with one attached hydrogen (secondary N) is 1. The highest BCUT2D eigenvalue weighted by molar-refractivity contribution is 5.85. The summed E-state index contributed by atoms with van der Waals surface area (Å²) in [5.41, 5.74) is 0.809. The van der Waals surface area contributed by atoms with E-state index >= 15 is 0 Å². The van der Waals surface area contributed by atoms with E-state index in [2.05, 4.69) is 15.1 Å². The van der Waals surface area contributed by atoms with Crippen LogP contribution in [-0.4, -0.2) is 20.9 Å². The zero-order valence-corrected chi connectivity index (χ0v) is 9.35. The van der Waals surface area contributed by atoms with Crippen molar-refractivity contribution in [2.75, 3.05) is 0 Å². The Morgan fingerprint density at radius 3 is 3.12 bits per heavy atom. The van der Waals surface area contributed by atoms with E-state index in [9.17, 15) is 4.79 Å². The lowest BCUT2D eigenvalue weighted by Gasteiger charge is -2.16. The Kier molecular flexibility index (Phi) is 2.51. The van der Waals surface area contributed by atoms with Gasteiger partial charge in [-0.2, -0.15) is 4.98 Å². The van der Waals surface area contributed by atoms with E-state index < -0.39 is 0 Å². The highest BCUT2D eigenvalue weighted by Crippen LogP contribution is 2.29. The lowest BCUT2D eigenvalue weighted by molar-refractivity contribution is -0.122. The van der Waals surface area contributed by atoms with Gasteiger partial charge < -0.3 is 9.51 Å². The van der Waals surface area contributed by atoms with Gasteiger partial charge in [0.15, 0.2) is 0 Å². The third kappa shape index (κ3) is 1.88. The van der Waals surface area contributed by atoms with Crippen molar-refractivity contribution >= 4 is 5.78 Å². The van der Waals surface area contributed by atoms with Crippen LogP contribution in [0.1, 0.15) is 37.5 Å². The van der Waals surface area contributed by atoms with Crippen LogP contribution in [0, 0.1) is 0 Å². The Hall–Kier alpha value is -1.91. The van der Waals surface area contributed by atoms with Crippen LogP contribution in [-0.2, 0) is 4.79 Å². The highest BCUT2D eigenvalue weighted by atomic mass is 16.5. The molecular weight excluding hydrogens is 218 g/mol. The molecule has 1 saturated carbocycles. The van der Waals surface area contributed by atoms with Gasteiger partial charge in [-0.1, -0.05) is 11.6 Å². The van der Waals surface area contributed by atoms with Crippen molar-refractivity contribution in [1.29, 1.82) is 0 Å². The maximum Gasteiger partial charge on any atom is 0.237 e. The standard InChI is InChI=1S/C12H13N3O2/c16-10-6-2-1-4-8(10)12-14-11(15-17-12)9-5-3-7-13-9/h3,5,7-8,13H,1-2,4,6H2. The fraction of sp³-hybridized carbons (Fsp3) is 0.417. The topological polar surface area (TPSA) is 71.8 Å². The molecule has 0 aromatic carbocycles. The van der Waals surface area contributed by atoms with Crippen molar-refractivity contribution in [3.8, 4) is 11.5 Å². The van der Waals surface area contributed by atoms with Crippen LogP contribution in [0.4, 0.5) is 0 Å². The van der Waals surface area contributed by atoms with E-state index in [-0.39, 0.29) is 11.7 Å². The van der Waals surface area contributed by atoms with Gasteiger partial charge in [-0.3, -0.25) is 4.79 Å². The molecule has 0 saturated heterocycles. The average molecular weight is 231 g/mol. The second-order valence-electron chi connectivity index (χ2n) is 4.30. The highest BCUT2D eigenvalue weighted by Gasteiger charge is 2.29. The average Bonchev–Trinajstić information content (AvgIpc) is 3.00. The smallest absolute Gasteiger partial charge is 0.237 e. The van der Waals surface area contributed by atoms with Crippen molar-refractivity contribution in [1.82, 2.24) is 15.1 Å². The number of carbonyl (C=O) groups excluding carboxylic acids is 1. The molecule has 0 aliphatic heterocycles. The molecule has 0 amide bonds. The molecule has 1 fully saturated rings. The first-order chi connectivity index (χ1) is 8.34. The van der Waals surface area contributed by atoms with Gasteiger partial charge in [0.1, 0.15) is 5.78 Å². The molecule has 2 aromatic heterocycles. The third-order valence-corrected chi connectivity index (χ3v) is 3.13. The predicted molar refractivity (Wildman–Crippen MR) is 60.3 cm³/mol. The molecule has 1 unspecified atom stereocenters. The largest absolute Gasteiger partial charge is 0.359 e. The second kappa shape index (κ2) is 4.16. The van der Waals surface area contributed by atoms with E-state index in [4.69, 9.17) is 4.52 Å². The maximum atomic E-state index is 11.8. The quantitative estimate of drug-likeness (QED) is 0.860. The first-order valence-corrected chi connectivity index (χ1v) is 5.84. The molecule has 1 N–H and O–H groups in total. The number of carbonyl (C=O) groups is 1. The second-order valence-corrected chi connectivity index (χ2v) is 4.30. The molecule has 0 bridgehead atoms. The summed E-state index contributed by atoms with van der Waals surface area (Å²) in [5, 5.41) is 3.90. The fourth-order valence-corrected chi connectivity index (χ4v) is 2.20. The van der Waals surface area contributed by atoms with Gasteiger partial charge in [-0.15, -0.1) is 0 Å². The van der Waals surface area contributed by atoms with Crippen molar-refractivity contribution in [3.05, 3.63) is 24.2 Å². The van der Waals surface area contributed by atoms with Crippen LogP contribution >= 0.6 is 0 Å². The molecule has 3 rings (SSSR count). The Morgan fingerprint density at radius 1 is 1.41 bits per heavy atom. The van der Waals surface area contributed by atoms with Crippen LogP contribution in [0.5, 0.6) is 0 Å². The van der Waals surface area contributed by atoms with Gasteiger partial charge in [0, 0.05) is 12.6 Å². The van der Waals surface area contributed by atoms with Gasteiger partial charge in [0.25, 0.3) is 0 Å². The number of aromatic nitrogens is 3. The van der Waals surface area contributed by atoms with Gasteiger partial charge in [0.2, 0.25) is 11.7 Å². The molecule has 0 spiro atoms. The minimum Gasteiger partial charge on any atom is -0.359 e. The first kappa shape index (κ1) is 10.3. The number of ketones is 1. The number of hydrogen-bond acceptors (Lipinski definition) is 4. The molecule has 88 valence electrons. The Labute approximate surface area is 98.2 Å². The monoisotopic (exact) mass is 231 g/mol. The fourth-order valence-electron chi connectivity index (χ4n) is 2.20. The number of nitrogens with zero attached hydrogens (tertiary/aromatic N) is 2. The van der Waals surface area contributed by atoms with Crippen molar-refractivity contribution in [3.63, 3.8) is 0 Å². The van der Waals surface area contributed by atoms with E-state index in [1.807, 2.05) is 12.1 Å². The van der Waals surface area contributed by atoms with Gasteiger partial charge in [-0.05, 0) is 25.0 Å². The van der Waals surface area contributed by atoms with E-state index in [1.165, 1.54) is 0 Å². The first-order valence-electron chi connectivity index (χ1n) is 5.84. The normalized spacial score (nSPS) is 20.7. The summed E-state index contributed by atoms with van der Waals surface area (Å²) >= 11 is 0. The molecule has 2 heterocycles. The summed E-state index contributed by atoms with van der Waals surface area (Å²) < 4.78 is 5.20. The number of H-pyrrole nitrogens is 1. The molecule has 5 heteroatoms. The van der Waals surface area contributed by atoms with Crippen LogP contribution in [0.15, 0.2) is 22.9 Å². The summed E-state index contributed by atoms with van der Waals surface area (Å²) in [6.45, 7) is 0. The van der Waals surface area contributed by atoms with E-state index in [0.29, 0.717) is 18.1 Å². The molecule has 1 aliphatic rings. The van der Waals surface area contributed by atoms with Crippen LogP contribution in [0.2, 0.25) is 0 Å². The Morgan fingerprint density at radius 2 is 2.35 bits per heavy atom. The minimum absolute atomic E-state index is 0.194. The molecule has 17 heavy (non-hydrogen) atoms. The van der Waals surface area contributed by atoms with E-state index in [0.717, 1.165) is 25.0 Å². The minimum atomic E-state index is -0.194. The third-order valence-electron chi connectivity index (χ3n) is 3.13. The maximum absolute atomic E-state index is 11.8. The summed E-state index contributed by atoms with van der Waals surface area (Å²) in [6, 6.07) is 3.74. The molecule has 1 atom stereocenters. The summed E-state index contributed by atoms with van der Waals surface area (Å²) in [7, 11) is 0. The lowest BCUT2D eigenvalue weighted by Crippen LogP contribution is -2.17. The number of Topliss-reactive ketones (excluding diaryl/α,β-unsaturated/α-hetero) is 1. The van der Waals surface area contributed by atoms with Gasteiger partial charge in [0.05, 0.1) is 11.6 Å². The van der Waals surface area contributed by atoms with Crippen molar-refractivity contribution < 1.29 is 9.32 Å². The van der Waals surface area contributed by atoms with Gasteiger partial charge in [-0.25, -0.2) is 0 Å². The molecule has 1 aliphatic carbocycles.